The van der Waals surface area contributed by atoms with Crippen molar-refractivity contribution >= 4 is 29.5 Å². The predicted molar refractivity (Wildman–Crippen MR) is 241 cm³/mol. The van der Waals surface area contributed by atoms with Gasteiger partial charge in [0.1, 0.15) is 12.1 Å². The summed E-state index contributed by atoms with van der Waals surface area (Å²) in [5.74, 6) is -1.15. The molecule has 0 aliphatic heterocycles. The van der Waals surface area contributed by atoms with Crippen LogP contribution in [0.2, 0.25) is 0 Å². The van der Waals surface area contributed by atoms with E-state index in [1.165, 1.54) is 0 Å². The summed E-state index contributed by atoms with van der Waals surface area (Å²) in [6, 6.07) is 9.64. The molecule has 6 aliphatic rings. The lowest BCUT2D eigenvalue weighted by Crippen LogP contribution is -2.71. The van der Waals surface area contributed by atoms with Gasteiger partial charge in [-0.2, -0.15) is 0 Å². The van der Waals surface area contributed by atoms with E-state index in [0.717, 1.165) is 61.7 Å². The van der Waals surface area contributed by atoms with Gasteiger partial charge in [0.05, 0.1) is 16.9 Å². The quantitative estimate of drug-likeness (QED) is 0.210. The molecule has 62 heavy (non-hydrogen) atoms. The highest BCUT2D eigenvalue weighted by atomic mass is 16.5. The van der Waals surface area contributed by atoms with Crippen LogP contribution in [0.1, 0.15) is 167 Å². The average Bonchev–Trinajstić information content (AvgIpc) is 3.46. The Balaban J connectivity index is 1.16. The number of ketones is 1. The van der Waals surface area contributed by atoms with E-state index in [0.29, 0.717) is 24.7 Å². The molecule has 0 aromatic heterocycles. The molecule has 0 unspecified atom stereocenters. The predicted octanol–water partition coefficient (Wildman–Crippen LogP) is 10.3. The fourth-order valence-corrected chi connectivity index (χ4v) is 15.9. The van der Waals surface area contributed by atoms with E-state index >= 15 is 0 Å². The van der Waals surface area contributed by atoms with Crippen molar-refractivity contribution in [2.45, 2.75) is 179 Å². The van der Waals surface area contributed by atoms with Gasteiger partial charge >= 0.3 is 11.9 Å². The smallest absolute Gasteiger partial charge is 0.310 e. The summed E-state index contributed by atoms with van der Waals surface area (Å²) in [5, 5.41) is 17.7. The van der Waals surface area contributed by atoms with Crippen LogP contribution in [0.15, 0.2) is 41.5 Å². The van der Waals surface area contributed by atoms with Gasteiger partial charge in [-0.15, -0.1) is 0 Å². The lowest BCUT2D eigenvalue weighted by molar-refractivity contribution is -0.261. The number of allylic oxidation sites excluding steroid dienone is 1. The highest BCUT2D eigenvalue weighted by Gasteiger charge is 2.76. The number of fused-ring (bicyclic) bond motifs is 7. The molecule has 0 saturated heterocycles. The third-order valence-corrected chi connectivity index (χ3v) is 19.5. The van der Waals surface area contributed by atoms with Gasteiger partial charge in [-0.25, -0.2) is 0 Å². The van der Waals surface area contributed by atoms with E-state index in [1.54, 1.807) is 13.8 Å². The fourth-order valence-electron chi connectivity index (χ4n) is 15.9. The Bertz CT molecular complexity index is 2060. The second kappa shape index (κ2) is 14.8. The summed E-state index contributed by atoms with van der Waals surface area (Å²) in [6.07, 6.45) is 7.80. The first-order valence-corrected chi connectivity index (χ1v) is 23.8. The molecule has 1 aromatic carbocycles. The van der Waals surface area contributed by atoms with Gasteiger partial charge in [0.2, 0.25) is 11.8 Å². The second-order valence-electron chi connectivity index (χ2n) is 24.8. The molecule has 7 rings (SSSR count). The number of ether oxygens (including phenoxy) is 1. The number of hydrogen-bond acceptors (Lipinski definition) is 6. The number of carbonyl (C=O) groups is 5. The maximum absolute atomic E-state index is 14.3. The molecule has 5 fully saturated rings. The topological polar surface area (TPSA) is 139 Å². The Morgan fingerprint density at radius 2 is 1.42 bits per heavy atom. The van der Waals surface area contributed by atoms with Crippen molar-refractivity contribution in [2.24, 2.45) is 73.4 Å². The third kappa shape index (κ3) is 6.51. The lowest BCUT2D eigenvalue weighted by atomic mass is 9.30. The molecule has 0 radical (unpaired) electrons. The molecule has 342 valence electrons. The van der Waals surface area contributed by atoms with Gasteiger partial charge in [-0.3, -0.25) is 24.0 Å². The first-order chi connectivity index (χ1) is 28.5. The summed E-state index contributed by atoms with van der Waals surface area (Å²) >= 11 is 0. The largest absolute Gasteiger partial charge is 0.481 e. The zero-order valence-corrected chi connectivity index (χ0v) is 40.5. The Morgan fingerprint density at radius 3 is 2.00 bits per heavy atom. The standard InChI is InChI=1S/C53H78N2O7/c1-31(2)39-35(56)29-52(55-43(59)48(10,11)54-42(58)45(3,4)5)27-26-50(13)33(40(39)52)20-21-38-49(12)24-22-37(46(6,7)36(49)23-25-51(38,50)14)53(44(60)61)28-34(47(53,8)9)41(57)62-30-32-18-16-15-17-19-32/h15-19,31,33-34,36-38H,20-30H2,1-14H3,(H,54,58)(H,55,59)(H,60,61)/t33-,34+,36-,37+,38-,49-,50-,51-,52-,53-/m1/s1. The van der Waals surface area contributed by atoms with Gasteiger partial charge in [0.25, 0.3) is 0 Å². The molecular formula is C53H78N2O7. The highest BCUT2D eigenvalue weighted by molar-refractivity contribution is 6.03. The number of Topliss-reactive ketones (excluding diaryl/α,β-unsaturated/α-hetero) is 1. The molecule has 9 nitrogen and oxygen atoms in total. The number of carboxylic acids is 1. The lowest BCUT2D eigenvalue weighted by Gasteiger charge is -2.74. The second-order valence-corrected chi connectivity index (χ2v) is 24.8. The monoisotopic (exact) mass is 855 g/mol. The Hall–Kier alpha value is -3.49. The summed E-state index contributed by atoms with van der Waals surface area (Å²) in [5.41, 5.74) is -1.97. The third-order valence-electron chi connectivity index (χ3n) is 19.5. The van der Waals surface area contributed by atoms with Crippen molar-refractivity contribution in [1.82, 2.24) is 10.6 Å². The van der Waals surface area contributed by atoms with E-state index in [4.69, 9.17) is 4.74 Å². The zero-order chi connectivity index (χ0) is 46.0. The molecule has 0 heterocycles. The van der Waals surface area contributed by atoms with Crippen LogP contribution in [0.25, 0.3) is 0 Å². The van der Waals surface area contributed by atoms with E-state index in [2.05, 4.69) is 59.1 Å². The van der Waals surface area contributed by atoms with E-state index in [9.17, 15) is 29.1 Å². The van der Waals surface area contributed by atoms with Crippen LogP contribution in [0.5, 0.6) is 0 Å². The first-order valence-electron chi connectivity index (χ1n) is 23.8. The van der Waals surface area contributed by atoms with Crippen molar-refractivity contribution in [3.8, 4) is 0 Å². The van der Waals surface area contributed by atoms with Gasteiger partial charge in [-0.05, 0) is 145 Å². The van der Waals surface area contributed by atoms with Crippen LogP contribution < -0.4 is 10.6 Å². The van der Waals surface area contributed by atoms with Crippen molar-refractivity contribution in [3.63, 3.8) is 0 Å². The Labute approximate surface area is 372 Å². The number of esters is 1. The maximum Gasteiger partial charge on any atom is 0.310 e. The SMILES string of the molecule is CC(C)C1=C2[C@H]3CC[C@@H]4[C@]5(C)CC[C@H]([C@@]6(C(=O)O)C[C@@H](C(=O)OCc7ccccc7)C6(C)C)C(C)(C)[C@H]5CC[C@@]4(C)[C@]3(C)CC[C@@]2(NC(=O)C(C)(C)NC(=O)C(C)(C)C)CC1=O. The number of nitrogens with one attached hydrogen (secondary N) is 2. The van der Waals surface area contributed by atoms with Crippen LogP contribution in [-0.2, 0) is 35.3 Å². The minimum atomic E-state index is -1.17. The fraction of sp³-hybridized carbons (Fsp3) is 0.755. The molecule has 10 atom stereocenters. The summed E-state index contributed by atoms with van der Waals surface area (Å²) in [6.45, 7) is 29.6. The number of rotatable bonds is 9. The van der Waals surface area contributed by atoms with Crippen LogP contribution in [0, 0.1) is 73.4 Å². The number of carboxylic acid groups (broad SMARTS) is 1. The number of hydrogen-bond donors (Lipinski definition) is 3. The van der Waals surface area contributed by atoms with Gasteiger partial charge in [0, 0.05) is 11.8 Å². The molecule has 1 aromatic rings. The highest BCUT2D eigenvalue weighted by Crippen LogP contribution is 2.79. The van der Waals surface area contributed by atoms with Crippen molar-refractivity contribution in [3.05, 3.63) is 47.0 Å². The van der Waals surface area contributed by atoms with Crippen LogP contribution >= 0.6 is 0 Å². The number of amides is 2. The first kappa shape index (κ1) is 46.5. The van der Waals surface area contributed by atoms with E-state index in [1.807, 2.05) is 65.0 Å². The molecule has 6 aliphatic carbocycles. The van der Waals surface area contributed by atoms with E-state index in [-0.39, 0.29) is 76.0 Å². The van der Waals surface area contributed by atoms with Crippen molar-refractivity contribution in [1.29, 1.82) is 0 Å². The minimum Gasteiger partial charge on any atom is -0.481 e. The van der Waals surface area contributed by atoms with Crippen LogP contribution in [-0.4, -0.2) is 45.7 Å². The number of aliphatic carboxylic acids is 1. The minimum absolute atomic E-state index is 0.0183. The Kier molecular flexibility index (Phi) is 11.1. The van der Waals surface area contributed by atoms with Crippen molar-refractivity contribution < 1.29 is 33.8 Å². The normalized spacial score (nSPS) is 38.4. The average molecular weight is 855 g/mol. The molecule has 5 saturated carbocycles. The molecular weight excluding hydrogens is 777 g/mol. The number of carbonyl (C=O) groups excluding carboxylic acids is 4. The number of benzene rings is 1. The molecule has 2 amide bonds. The molecule has 3 N–H and O–H groups in total. The molecule has 0 bridgehead atoms. The Morgan fingerprint density at radius 1 is 0.790 bits per heavy atom. The molecule has 9 heteroatoms. The zero-order valence-electron chi connectivity index (χ0n) is 40.5. The summed E-state index contributed by atoms with van der Waals surface area (Å²) in [7, 11) is 0. The molecule has 0 spiro atoms. The van der Waals surface area contributed by atoms with E-state index < -0.39 is 39.2 Å². The van der Waals surface area contributed by atoms with Crippen LogP contribution in [0.4, 0.5) is 0 Å². The van der Waals surface area contributed by atoms with Gasteiger partial charge < -0.3 is 20.5 Å². The maximum atomic E-state index is 14.3. The van der Waals surface area contributed by atoms with Crippen LogP contribution in [0.3, 0.4) is 0 Å². The van der Waals surface area contributed by atoms with Gasteiger partial charge in [0.15, 0.2) is 5.78 Å². The van der Waals surface area contributed by atoms with Crippen molar-refractivity contribution in [2.75, 3.05) is 0 Å². The summed E-state index contributed by atoms with van der Waals surface area (Å²) < 4.78 is 5.83. The summed E-state index contributed by atoms with van der Waals surface area (Å²) in [4.78, 5) is 69.1. The van der Waals surface area contributed by atoms with Gasteiger partial charge in [-0.1, -0.05) is 113 Å².